The van der Waals surface area contributed by atoms with E-state index >= 15 is 0 Å². The molecule has 0 unspecified atom stereocenters. The van der Waals surface area contributed by atoms with E-state index in [0.717, 1.165) is 0 Å². The average molecular weight is 699 g/mol. The highest BCUT2D eigenvalue weighted by Crippen LogP contribution is 2.37. The van der Waals surface area contributed by atoms with Crippen molar-refractivity contribution in [3.8, 4) is 22.3 Å². The van der Waals surface area contributed by atoms with Crippen LogP contribution in [0.15, 0.2) is 131 Å². The maximum absolute atomic E-state index is 2.46. The number of thioether (sulfide) groups is 2. The molecule has 5 aromatic rings. The highest BCUT2D eigenvalue weighted by Gasteiger charge is 2.15. The standard InChI is InChI=1S/C44H50S2Si2/c1-47(2,3)31-29-45-41-25-21-37(22-26-41)43-33-40(20-18-36-15-11-8-12-16-36)44(34-39(43)19-17-35-13-9-7-10-14-35)38-23-27-42(28-24-38)46-30-32-48(4,5)6/h7-28,33-34H,29-32H2,1-6H3/b19-17+,20-18+. The van der Waals surface area contributed by atoms with Gasteiger partial charge in [0.1, 0.15) is 0 Å². The molecule has 0 bridgehead atoms. The summed E-state index contributed by atoms with van der Waals surface area (Å²) in [5.74, 6) is 2.39. The third kappa shape index (κ3) is 11.4. The van der Waals surface area contributed by atoms with E-state index in [0.29, 0.717) is 0 Å². The molecule has 0 spiro atoms. The molecule has 0 radical (unpaired) electrons. The topological polar surface area (TPSA) is 0 Å². The summed E-state index contributed by atoms with van der Waals surface area (Å²) in [6.45, 7) is 14.7. The molecule has 0 amide bonds. The van der Waals surface area contributed by atoms with Crippen LogP contribution in [0.1, 0.15) is 22.3 Å². The highest BCUT2D eigenvalue weighted by atomic mass is 32.2. The van der Waals surface area contributed by atoms with E-state index in [1.807, 2.05) is 23.5 Å². The molecule has 5 rings (SSSR count). The SMILES string of the molecule is C[Si](C)(C)CCSc1ccc(-c2cc(/C=C/c3ccccc3)c(-c3ccc(SCC[Si](C)(C)C)cc3)cc2/C=C/c2ccccc2)cc1. The smallest absolute Gasteiger partial charge is 0.0450 e. The van der Waals surface area contributed by atoms with Crippen LogP contribution in [0.5, 0.6) is 0 Å². The van der Waals surface area contributed by atoms with E-state index < -0.39 is 16.1 Å². The summed E-state index contributed by atoms with van der Waals surface area (Å²) in [6.07, 6.45) is 9.05. The Hall–Kier alpha value is -3.29. The van der Waals surface area contributed by atoms with Gasteiger partial charge < -0.3 is 0 Å². The Labute approximate surface area is 300 Å². The van der Waals surface area contributed by atoms with Crippen LogP contribution in [0.2, 0.25) is 51.4 Å². The van der Waals surface area contributed by atoms with Gasteiger partial charge in [-0.3, -0.25) is 0 Å². The minimum Gasteiger partial charge on any atom is -0.126 e. The van der Waals surface area contributed by atoms with Gasteiger partial charge in [0.25, 0.3) is 0 Å². The lowest BCUT2D eigenvalue weighted by Crippen LogP contribution is -2.19. The van der Waals surface area contributed by atoms with Gasteiger partial charge in [-0.25, -0.2) is 0 Å². The van der Waals surface area contributed by atoms with Gasteiger partial charge in [-0.2, -0.15) is 0 Å². The molecule has 0 fully saturated rings. The van der Waals surface area contributed by atoms with Gasteiger partial charge >= 0.3 is 0 Å². The normalized spacial score (nSPS) is 12.3. The summed E-state index contributed by atoms with van der Waals surface area (Å²) < 4.78 is 0. The first kappa shape index (κ1) is 36.0. The van der Waals surface area contributed by atoms with Crippen LogP contribution in [0.3, 0.4) is 0 Å². The summed E-state index contributed by atoms with van der Waals surface area (Å²) in [6, 6.07) is 47.1. The van der Waals surface area contributed by atoms with Gasteiger partial charge in [0.05, 0.1) is 0 Å². The lowest BCUT2D eigenvalue weighted by Gasteiger charge is -2.16. The fourth-order valence-corrected chi connectivity index (χ4v) is 12.2. The molecule has 0 saturated heterocycles. The molecular weight excluding hydrogens is 649 g/mol. The number of rotatable bonds is 14. The molecule has 0 heterocycles. The van der Waals surface area contributed by atoms with E-state index in [2.05, 4.69) is 185 Å². The quantitative estimate of drug-likeness (QED) is 0.0643. The second kappa shape index (κ2) is 16.9. The molecule has 0 atom stereocenters. The van der Waals surface area contributed by atoms with Gasteiger partial charge in [-0.1, -0.05) is 149 Å². The zero-order valence-corrected chi connectivity index (χ0v) is 33.1. The number of benzene rings is 5. The van der Waals surface area contributed by atoms with E-state index in [9.17, 15) is 0 Å². The summed E-state index contributed by atoms with van der Waals surface area (Å²) in [5, 5.41) is 0. The Bertz CT molecular complexity index is 1660. The van der Waals surface area contributed by atoms with E-state index in [-0.39, 0.29) is 0 Å². The first-order valence-electron chi connectivity index (χ1n) is 17.1. The summed E-state index contributed by atoms with van der Waals surface area (Å²) in [7, 11) is -2.09. The van der Waals surface area contributed by atoms with Crippen LogP contribution >= 0.6 is 23.5 Å². The Morgan fingerprint density at radius 1 is 0.438 bits per heavy atom. The zero-order chi connectivity index (χ0) is 34.0. The Morgan fingerprint density at radius 3 is 1.12 bits per heavy atom. The third-order valence-corrected chi connectivity index (χ3v) is 14.6. The molecule has 0 nitrogen and oxygen atoms in total. The number of hydrogen-bond acceptors (Lipinski definition) is 2. The maximum Gasteiger partial charge on any atom is 0.0450 e. The lowest BCUT2D eigenvalue weighted by atomic mass is 9.90. The van der Waals surface area contributed by atoms with Crippen molar-refractivity contribution in [2.24, 2.45) is 0 Å². The van der Waals surface area contributed by atoms with Crippen LogP contribution < -0.4 is 0 Å². The van der Waals surface area contributed by atoms with Crippen LogP contribution in [0.4, 0.5) is 0 Å². The molecule has 0 aliphatic carbocycles. The van der Waals surface area contributed by atoms with E-state index in [1.165, 1.54) is 77.9 Å². The van der Waals surface area contributed by atoms with Crippen molar-refractivity contribution in [2.45, 2.75) is 61.2 Å². The molecule has 0 aliphatic heterocycles. The molecule has 0 N–H and O–H groups in total. The fourth-order valence-electron chi connectivity index (χ4n) is 5.32. The van der Waals surface area contributed by atoms with Crippen molar-refractivity contribution < 1.29 is 0 Å². The first-order chi connectivity index (χ1) is 23.0. The lowest BCUT2D eigenvalue weighted by molar-refractivity contribution is 1.35. The molecule has 0 aliphatic rings. The van der Waals surface area contributed by atoms with Crippen molar-refractivity contribution in [1.82, 2.24) is 0 Å². The third-order valence-electron chi connectivity index (χ3n) is 8.30. The largest absolute Gasteiger partial charge is 0.126 e. The summed E-state index contributed by atoms with van der Waals surface area (Å²) in [5.41, 5.74) is 9.82. The minimum atomic E-state index is -1.04. The number of hydrogen-bond donors (Lipinski definition) is 0. The summed E-state index contributed by atoms with van der Waals surface area (Å²) >= 11 is 3.98. The predicted molar refractivity (Wildman–Crippen MR) is 226 cm³/mol. The van der Waals surface area contributed by atoms with Crippen LogP contribution in [0, 0.1) is 0 Å². The zero-order valence-electron chi connectivity index (χ0n) is 29.5. The molecule has 5 aromatic carbocycles. The predicted octanol–water partition coefficient (Wildman–Crippen LogP) is 14.2. The second-order valence-corrected chi connectivity index (χ2v) is 28.5. The van der Waals surface area contributed by atoms with Crippen molar-refractivity contribution in [3.63, 3.8) is 0 Å². The summed E-state index contributed by atoms with van der Waals surface area (Å²) in [4.78, 5) is 2.70. The van der Waals surface area contributed by atoms with E-state index in [1.54, 1.807) is 0 Å². The van der Waals surface area contributed by atoms with Crippen molar-refractivity contribution in [1.29, 1.82) is 0 Å². The first-order valence-corrected chi connectivity index (χ1v) is 26.5. The molecule has 246 valence electrons. The van der Waals surface area contributed by atoms with Gasteiger partial charge in [0.2, 0.25) is 0 Å². The van der Waals surface area contributed by atoms with Crippen molar-refractivity contribution >= 4 is 64.0 Å². The molecule has 48 heavy (non-hydrogen) atoms. The van der Waals surface area contributed by atoms with Gasteiger partial charge in [-0.05, 0) is 104 Å². The average Bonchev–Trinajstić information content (AvgIpc) is 3.07. The molecule has 4 heteroatoms. The molecule has 0 saturated carbocycles. The van der Waals surface area contributed by atoms with Crippen LogP contribution in [-0.4, -0.2) is 27.7 Å². The second-order valence-electron chi connectivity index (χ2n) is 14.9. The van der Waals surface area contributed by atoms with Gasteiger partial charge in [0, 0.05) is 25.9 Å². The highest BCUT2D eigenvalue weighted by molar-refractivity contribution is 7.99. The van der Waals surface area contributed by atoms with Crippen molar-refractivity contribution in [2.75, 3.05) is 11.5 Å². The fraction of sp³-hybridized carbons (Fsp3) is 0.227. The minimum absolute atomic E-state index is 1.04. The Morgan fingerprint density at radius 2 is 0.792 bits per heavy atom. The maximum atomic E-state index is 2.46. The van der Waals surface area contributed by atoms with E-state index in [4.69, 9.17) is 0 Å². The molecular formula is C44H50S2Si2. The van der Waals surface area contributed by atoms with Gasteiger partial charge in [-0.15, -0.1) is 23.5 Å². The van der Waals surface area contributed by atoms with Crippen LogP contribution in [0.25, 0.3) is 46.6 Å². The Kier molecular flexibility index (Phi) is 12.7. The van der Waals surface area contributed by atoms with Crippen molar-refractivity contribution in [3.05, 3.63) is 144 Å². The van der Waals surface area contributed by atoms with Crippen LogP contribution in [-0.2, 0) is 0 Å². The Balaban J connectivity index is 1.55. The van der Waals surface area contributed by atoms with Gasteiger partial charge in [0.15, 0.2) is 0 Å². The molecule has 0 aromatic heterocycles. The monoisotopic (exact) mass is 698 g/mol.